The summed E-state index contributed by atoms with van der Waals surface area (Å²) in [7, 11) is 0. The number of nitrogens with zero attached hydrogens (tertiary/aromatic N) is 2. The second-order valence-corrected chi connectivity index (χ2v) is 5.74. The van der Waals surface area contributed by atoms with Crippen molar-refractivity contribution in [3.8, 4) is 0 Å². The fourth-order valence-corrected chi connectivity index (χ4v) is 2.70. The largest absolute Gasteiger partial charge is 0.480 e. The summed E-state index contributed by atoms with van der Waals surface area (Å²) < 4.78 is 1.79. The van der Waals surface area contributed by atoms with Crippen LogP contribution in [0.5, 0.6) is 0 Å². The average Bonchev–Trinajstić information content (AvgIpc) is 2.85. The number of Topliss-reactive ketones (excluding diaryl/α,β-unsaturated/α-hetero) is 1. The van der Waals surface area contributed by atoms with Gasteiger partial charge in [-0.3, -0.25) is 4.79 Å². The first kappa shape index (κ1) is 16.2. The molecule has 0 aliphatic carbocycles. The van der Waals surface area contributed by atoms with E-state index >= 15 is 0 Å². The molecule has 0 radical (unpaired) electrons. The van der Waals surface area contributed by atoms with Crippen LogP contribution < -0.4 is 0 Å². The van der Waals surface area contributed by atoms with E-state index < -0.39 is 12.0 Å². The number of hydrogen-bond donors (Lipinski definition) is 1. The molecule has 22 heavy (non-hydrogen) atoms. The van der Waals surface area contributed by atoms with E-state index in [1.54, 1.807) is 16.7 Å². The number of carbonyl (C=O) groups excluding carboxylic acids is 1. The van der Waals surface area contributed by atoms with Gasteiger partial charge in [-0.05, 0) is 24.6 Å². The van der Waals surface area contributed by atoms with Gasteiger partial charge in [-0.25, -0.2) is 9.78 Å². The summed E-state index contributed by atoms with van der Waals surface area (Å²) in [5.74, 6) is 0.0432. The van der Waals surface area contributed by atoms with Crippen molar-refractivity contribution in [2.75, 3.05) is 0 Å². The fraction of sp³-hybridized carbons (Fsp3) is 0.471. The van der Waals surface area contributed by atoms with Crippen molar-refractivity contribution in [1.82, 2.24) is 9.55 Å². The number of carbonyl (C=O) groups is 2. The van der Waals surface area contributed by atoms with Gasteiger partial charge in [-0.1, -0.05) is 27.7 Å². The zero-order chi connectivity index (χ0) is 16.4. The molecule has 1 heterocycles. The monoisotopic (exact) mass is 302 g/mol. The highest BCUT2D eigenvalue weighted by molar-refractivity contribution is 5.99. The van der Waals surface area contributed by atoms with Gasteiger partial charge in [0, 0.05) is 17.9 Å². The molecule has 2 aromatic rings. The number of fused-ring (bicyclic) bond motifs is 1. The Labute approximate surface area is 130 Å². The number of imidazole rings is 1. The van der Waals surface area contributed by atoms with E-state index in [9.17, 15) is 14.7 Å². The quantitative estimate of drug-likeness (QED) is 0.824. The van der Waals surface area contributed by atoms with Crippen LogP contribution in [0.25, 0.3) is 11.0 Å². The van der Waals surface area contributed by atoms with Crippen molar-refractivity contribution < 1.29 is 14.7 Å². The van der Waals surface area contributed by atoms with Crippen molar-refractivity contribution in [3.05, 3.63) is 29.6 Å². The second kappa shape index (κ2) is 6.30. The van der Waals surface area contributed by atoms with Gasteiger partial charge < -0.3 is 9.67 Å². The van der Waals surface area contributed by atoms with Crippen LogP contribution in [-0.2, 0) is 4.79 Å². The first-order valence-corrected chi connectivity index (χ1v) is 7.68. The minimum absolute atomic E-state index is 0.0628. The molecule has 0 spiro atoms. The number of carboxylic acids is 1. The molecule has 0 aliphatic rings. The minimum atomic E-state index is -0.864. The highest BCUT2D eigenvalue weighted by atomic mass is 16.4. The van der Waals surface area contributed by atoms with Gasteiger partial charge in [0.15, 0.2) is 5.78 Å². The minimum Gasteiger partial charge on any atom is -0.480 e. The third-order valence-corrected chi connectivity index (χ3v) is 3.86. The number of ketones is 1. The third-order valence-electron chi connectivity index (χ3n) is 3.86. The van der Waals surface area contributed by atoms with E-state index in [4.69, 9.17) is 0 Å². The van der Waals surface area contributed by atoms with Crippen LogP contribution in [-0.4, -0.2) is 26.4 Å². The van der Waals surface area contributed by atoms with Crippen LogP contribution in [0.3, 0.4) is 0 Å². The number of benzene rings is 1. The molecule has 1 N–H and O–H groups in total. The predicted octanol–water partition coefficient (Wildman–Crippen LogP) is 3.79. The van der Waals surface area contributed by atoms with Gasteiger partial charge in [-0.15, -0.1) is 0 Å². The summed E-state index contributed by atoms with van der Waals surface area (Å²) >= 11 is 0. The molecule has 0 fully saturated rings. The maximum absolute atomic E-state index is 11.9. The molecule has 0 saturated heterocycles. The summed E-state index contributed by atoms with van der Waals surface area (Å²) in [6.07, 6.45) is 0.923. The van der Waals surface area contributed by atoms with Crippen molar-refractivity contribution in [2.45, 2.75) is 52.5 Å². The smallest absolute Gasteiger partial charge is 0.326 e. The Balaban J connectivity index is 2.70. The van der Waals surface area contributed by atoms with Gasteiger partial charge >= 0.3 is 5.97 Å². The number of aliphatic carboxylic acids is 1. The zero-order valence-corrected chi connectivity index (χ0v) is 13.5. The molecular weight excluding hydrogens is 280 g/mol. The van der Waals surface area contributed by atoms with E-state index in [0.29, 0.717) is 23.9 Å². The number of aromatic nitrogens is 2. The van der Waals surface area contributed by atoms with Crippen LogP contribution in [0.1, 0.15) is 68.7 Å². The van der Waals surface area contributed by atoms with Crippen LogP contribution in [0.15, 0.2) is 18.2 Å². The lowest BCUT2D eigenvalue weighted by atomic mass is 10.1. The SMILES string of the molecule is CCC(=O)c1ccc2c(c1)nc(C(C)C)n2C(CC)C(=O)O. The fourth-order valence-electron chi connectivity index (χ4n) is 2.70. The standard InChI is InChI=1S/C17H22N2O3/c1-5-13(17(21)22)19-14-8-7-11(15(20)6-2)9-12(14)18-16(19)10(3)4/h7-10,13H,5-6H2,1-4H3,(H,21,22). The van der Waals surface area contributed by atoms with Crippen molar-refractivity contribution in [3.63, 3.8) is 0 Å². The summed E-state index contributed by atoms with van der Waals surface area (Å²) in [5.41, 5.74) is 2.08. The van der Waals surface area contributed by atoms with E-state index in [1.165, 1.54) is 0 Å². The Hall–Kier alpha value is -2.17. The zero-order valence-electron chi connectivity index (χ0n) is 13.5. The number of rotatable bonds is 6. The molecule has 0 amide bonds. The summed E-state index contributed by atoms with van der Waals surface area (Å²) in [6.45, 7) is 7.65. The highest BCUT2D eigenvalue weighted by Gasteiger charge is 2.25. The van der Waals surface area contributed by atoms with Crippen molar-refractivity contribution in [2.24, 2.45) is 0 Å². The lowest BCUT2D eigenvalue weighted by molar-refractivity contribution is -0.140. The van der Waals surface area contributed by atoms with Crippen molar-refractivity contribution in [1.29, 1.82) is 0 Å². The van der Waals surface area contributed by atoms with Gasteiger partial charge in [0.25, 0.3) is 0 Å². The van der Waals surface area contributed by atoms with E-state index in [1.807, 2.05) is 33.8 Å². The molecule has 2 rings (SSSR count). The van der Waals surface area contributed by atoms with Crippen LogP contribution in [0, 0.1) is 0 Å². The van der Waals surface area contributed by atoms with E-state index in [-0.39, 0.29) is 11.7 Å². The molecule has 5 nitrogen and oxygen atoms in total. The molecular formula is C17H22N2O3. The van der Waals surface area contributed by atoms with E-state index in [2.05, 4.69) is 4.98 Å². The van der Waals surface area contributed by atoms with Gasteiger partial charge in [0.05, 0.1) is 11.0 Å². The highest BCUT2D eigenvalue weighted by Crippen LogP contribution is 2.28. The topological polar surface area (TPSA) is 72.2 Å². The van der Waals surface area contributed by atoms with Crippen LogP contribution >= 0.6 is 0 Å². The number of hydrogen-bond acceptors (Lipinski definition) is 3. The lowest BCUT2D eigenvalue weighted by Gasteiger charge is -2.18. The van der Waals surface area contributed by atoms with E-state index in [0.717, 1.165) is 11.3 Å². The summed E-state index contributed by atoms with van der Waals surface area (Å²) in [6, 6.07) is 4.68. The van der Waals surface area contributed by atoms with Crippen LogP contribution in [0.4, 0.5) is 0 Å². The first-order chi connectivity index (χ1) is 10.4. The normalized spacial score (nSPS) is 12.8. The molecule has 1 atom stereocenters. The molecule has 118 valence electrons. The summed E-state index contributed by atoms with van der Waals surface area (Å²) in [4.78, 5) is 28.0. The Bertz CT molecular complexity index is 716. The molecule has 0 saturated carbocycles. The van der Waals surface area contributed by atoms with Gasteiger partial charge in [0.2, 0.25) is 0 Å². The average molecular weight is 302 g/mol. The molecule has 0 aliphatic heterocycles. The Kier molecular flexibility index (Phi) is 4.64. The van der Waals surface area contributed by atoms with Crippen LogP contribution in [0.2, 0.25) is 0 Å². The Morgan fingerprint density at radius 3 is 2.45 bits per heavy atom. The molecule has 5 heteroatoms. The maximum Gasteiger partial charge on any atom is 0.326 e. The maximum atomic E-state index is 11.9. The molecule has 1 aromatic heterocycles. The Morgan fingerprint density at radius 1 is 1.27 bits per heavy atom. The molecule has 1 aromatic carbocycles. The predicted molar refractivity (Wildman–Crippen MR) is 85.4 cm³/mol. The van der Waals surface area contributed by atoms with Gasteiger partial charge in [-0.2, -0.15) is 0 Å². The van der Waals surface area contributed by atoms with Crippen molar-refractivity contribution >= 4 is 22.8 Å². The third kappa shape index (κ3) is 2.75. The molecule has 0 bridgehead atoms. The first-order valence-electron chi connectivity index (χ1n) is 7.68. The Morgan fingerprint density at radius 2 is 1.95 bits per heavy atom. The second-order valence-electron chi connectivity index (χ2n) is 5.74. The summed E-state index contributed by atoms with van der Waals surface area (Å²) in [5, 5.41) is 9.49. The lowest BCUT2D eigenvalue weighted by Crippen LogP contribution is -2.20. The van der Waals surface area contributed by atoms with Gasteiger partial charge in [0.1, 0.15) is 11.9 Å². The molecule has 1 unspecified atom stereocenters. The number of carboxylic acid groups (broad SMARTS) is 1.